The molecule has 16 heavy (non-hydrogen) atoms. The van der Waals surface area contributed by atoms with E-state index in [1.165, 1.54) is 5.56 Å². The van der Waals surface area contributed by atoms with Gasteiger partial charge in [-0.25, -0.2) is 8.42 Å². The van der Waals surface area contributed by atoms with E-state index in [0.717, 1.165) is 6.42 Å². The van der Waals surface area contributed by atoms with Crippen LogP contribution in [0.25, 0.3) is 0 Å². The van der Waals surface area contributed by atoms with Crippen LogP contribution in [0.15, 0.2) is 30.3 Å². The molecule has 1 aliphatic heterocycles. The van der Waals surface area contributed by atoms with Gasteiger partial charge in [0, 0.05) is 12.1 Å². The van der Waals surface area contributed by atoms with Crippen LogP contribution in [0, 0.1) is 0 Å². The Balaban J connectivity index is 2.06. The summed E-state index contributed by atoms with van der Waals surface area (Å²) in [6, 6.07) is 10.1. The number of sulfone groups is 1. The van der Waals surface area contributed by atoms with Crippen molar-refractivity contribution in [1.29, 1.82) is 0 Å². The van der Waals surface area contributed by atoms with Crippen LogP contribution in [0.2, 0.25) is 0 Å². The van der Waals surface area contributed by atoms with Crippen molar-refractivity contribution in [2.45, 2.75) is 25.4 Å². The SMILES string of the molecule is CC1CS(=O)(=O)CC(Cc2ccccc2)N1. The monoisotopic (exact) mass is 239 g/mol. The molecular weight excluding hydrogens is 222 g/mol. The molecule has 3 nitrogen and oxygen atoms in total. The molecule has 0 radical (unpaired) electrons. The molecule has 1 fully saturated rings. The van der Waals surface area contributed by atoms with E-state index < -0.39 is 9.84 Å². The first-order valence-corrected chi connectivity index (χ1v) is 7.38. The zero-order chi connectivity index (χ0) is 11.6. The first-order valence-electron chi connectivity index (χ1n) is 5.55. The summed E-state index contributed by atoms with van der Waals surface area (Å²) in [6.45, 7) is 1.93. The molecule has 0 aromatic heterocycles. The molecule has 2 atom stereocenters. The standard InChI is InChI=1S/C12H17NO2S/c1-10-8-16(14,15)9-12(13-10)7-11-5-3-2-4-6-11/h2-6,10,12-13H,7-9H2,1H3. The maximum absolute atomic E-state index is 11.6. The van der Waals surface area contributed by atoms with Crippen molar-refractivity contribution < 1.29 is 8.42 Å². The van der Waals surface area contributed by atoms with Gasteiger partial charge in [-0.05, 0) is 18.9 Å². The quantitative estimate of drug-likeness (QED) is 0.837. The molecule has 0 saturated carbocycles. The highest BCUT2D eigenvalue weighted by Crippen LogP contribution is 2.11. The van der Waals surface area contributed by atoms with Gasteiger partial charge in [0.2, 0.25) is 0 Å². The molecule has 0 aliphatic carbocycles. The molecule has 1 aliphatic rings. The average molecular weight is 239 g/mol. The summed E-state index contributed by atoms with van der Waals surface area (Å²) in [5, 5.41) is 3.34. The fraction of sp³-hybridized carbons (Fsp3) is 0.500. The molecule has 0 amide bonds. The number of benzene rings is 1. The van der Waals surface area contributed by atoms with Crippen LogP contribution >= 0.6 is 0 Å². The fourth-order valence-corrected chi connectivity index (χ4v) is 4.09. The van der Waals surface area contributed by atoms with Gasteiger partial charge in [-0.1, -0.05) is 30.3 Å². The second kappa shape index (κ2) is 4.55. The zero-order valence-corrected chi connectivity index (χ0v) is 10.2. The Hall–Kier alpha value is -0.870. The lowest BCUT2D eigenvalue weighted by molar-refractivity contribution is 0.455. The minimum Gasteiger partial charge on any atom is -0.309 e. The van der Waals surface area contributed by atoms with Crippen molar-refractivity contribution >= 4 is 9.84 Å². The van der Waals surface area contributed by atoms with E-state index in [-0.39, 0.29) is 23.6 Å². The van der Waals surface area contributed by atoms with Crippen molar-refractivity contribution in [2.75, 3.05) is 11.5 Å². The molecule has 2 rings (SSSR count). The van der Waals surface area contributed by atoms with Crippen molar-refractivity contribution in [2.24, 2.45) is 0 Å². The molecular formula is C12H17NO2S. The maximum atomic E-state index is 11.6. The van der Waals surface area contributed by atoms with Crippen LogP contribution in [-0.2, 0) is 16.3 Å². The van der Waals surface area contributed by atoms with Crippen LogP contribution in [0.1, 0.15) is 12.5 Å². The Bertz CT molecular complexity index is 441. The van der Waals surface area contributed by atoms with Gasteiger partial charge in [0.25, 0.3) is 0 Å². The summed E-state index contributed by atoms with van der Waals surface area (Å²) in [6.07, 6.45) is 0.782. The van der Waals surface area contributed by atoms with E-state index in [9.17, 15) is 8.42 Å². The Labute approximate surface area is 96.8 Å². The lowest BCUT2D eigenvalue weighted by Gasteiger charge is -2.28. The van der Waals surface area contributed by atoms with Crippen LogP contribution in [0.3, 0.4) is 0 Å². The summed E-state index contributed by atoms with van der Waals surface area (Å²) < 4.78 is 23.2. The third kappa shape index (κ3) is 3.06. The van der Waals surface area contributed by atoms with Crippen LogP contribution in [0.5, 0.6) is 0 Å². The van der Waals surface area contributed by atoms with E-state index in [2.05, 4.69) is 5.32 Å². The van der Waals surface area contributed by atoms with Gasteiger partial charge in [-0.3, -0.25) is 0 Å². The number of rotatable bonds is 2. The largest absolute Gasteiger partial charge is 0.309 e. The van der Waals surface area contributed by atoms with Gasteiger partial charge in [-0.2, -0.15) is 0 Å². The first-order chi connectivity index (χ1) is 7.55. The van der Waals surface area contributed by atoms with Crippen molar-refractivity contribution in [1.82, 2.24) is 5.32 Å². The van der Waals surface area contributed by atoms with Crippen molar-refractivity contribution in [3.63, 3.8) is 0 Å². The van der Waals surface area contributed by atoms with Gasteiger partial charge in [-0.15, -0.1) is 0 Å². The first kappa shape index (κ1) is 11.6. The summed E-state index contributed by atoms with van der Waals surface area (Å²) in [5.41, 5.74) is 1.18. The molecule has 2 unspecified atom stereocenters. The van der Waals surface area contributed by atoms with E-state index in [0.29, 0.717) is 0 Å². The topological polar surface area (TPSA) is 46.2 Å². The second-order valence-electron chi connectivity index (χ2n) is 4.53. The highest BCUT2D eigenvalue weighted by atomic mass is 32.2. The van der Waals surface area contributed by atoms with Gasteiger partial charge in [0.05, 0.1) is 11.5 Å². The third-order valence-corrected chi connectivity index (χ3v) is 4.72. The molecule has 1 aromatic rings. The molecule has 1 heterocycles. The minimum absolute atomic E-state index is 0.0520. The van der Waals surface area contributed by atoms with Crippen LogP contribution in [0.4, 0.5) is 0 Å². The summed E-state index contributed by atoms with van der Waals surface area (Å²) in [7, 11) is -2.86. The molecule has 1 aromatic carbocycles. The van der Waals surface area contributed by atoms with Crippen molar-refractivity contribution in [3.8, 4) is 0 Å². The van der Waals surface area contributed by atoms with E-state index in [1.54, 1.807) is 0 Å². The van der Waals surface area contributed by atoms with Gasteiger partial charge >= 0.3 is 0 Å². The molecule has 0 bridgehead atoms. The Morgan fingerprint density at radius 2 is 1.94 bits per heavy atom. The predicted molar refractivity (Wildman–Crippen MR) is 65.2 cm³/mol. The zero-order valence-electron chi connectivity index (χ0n) is 9.39. The minimum atomic E-state index is -2.86. The molecule has 0 spiro atoms. The summed E-state index contributed by atoms with van der Waals surface area (Å²) in [5.74, 6) is 0.518. The lowest BCUT2D eigenvalue weighted by atomic mass is 10.1. The molecule has 1 saturated heterocycles. The van der Waals surface area contributed by atoms with Gasteiger partial charge in [0.15, 0.2) is 9.84 Å². The van der Waals surface area contributed by atoms with Crippen molar-refractivity contribution in [3.05, 3.63) is 35.9 Å². The molecule has 88 valence electrons. The van der Waals surface area contributed by atoms with Crippen LogP contribution in [-0.4, -0.2) is 32.0 Å². The van der Waals surface area contributed by atoms with Crippen LogP contribution < -0.4 is 5.32 Å². The normalized spacial score (nSPS) is 28.8. The average Bonchev–Trinajstić information content (AvgIpc) is 2.15. The number of nitrogens with one attached hydrogen (secondary N) is 1. The Morgan fingerprint density at radius 3 is 2.56 bits per heavy atom. The second-order valence-corrected chi connectivity index (χ2v) is 6.69. The van der Waals surface area contributed by atoms with Gasteiger partial charge in [0.1, 0.15) is 0 Å². The molecule has 1 N–H and O–H groups in total. The number of hydrogen-bond acceptors (Lipinski definition) is 3. The van der Waals surface area contributed by atoms with Gasteiger partial charge < -0.3 is 5.32 Å². The predicted octanol–water partition coefficient (Wildman–Crippen LogP) is 1.00. The molecule has 4 heteroatoms. The highest BCUT2D eigenvalue weighted by Gasteiger charge is 2.28. The third-order valence-electron chi connectivity index (χ3n) is 2.80. The Morgan fingerprint density at radius 1 is 1.25 bits per heavy atom. The highest BCUT2D eigenvalue weighted by molar-refractivity contribution is 7.91. The summed E-state index contributed by atoms with van der Waals surface area (Å²) in [4.78, 5) is 0. The lowest BCUT2D eigenvalue weighted by Crippen LogP contribution is -2.51. The smallest absolute Gasteiger partial charge is 0.153 e. The van der Waals surface area contributed by atoms with E-state index in [4.69, 9.17) is 0 Å². The van der Waals surface area contributed by atoms with E-state index >= 15 is 0 Å². The number of hydrogen-bond donors (Lipinski definition) is 1. The van der Waals surface area contributed by atoms with E-state index in [1.807, 2.05) is 37.3 Å². The maximum Gasteiger partial charge on any atom is 0.153 e. The Kier molecular flexibility index (Phi) is 3.30. The fourth-order valence-electron chi connectivity index (χ4n) is 2.27. The summed E-state index contributed by atoms with van der Waals surface area (Å²) >= 11 is 0.